The van der Waals surface area contributed by atoms with Crippen LogP contribution in [0.15, 0.2) is 24.3 Å². The molecule has 1 heterocycles. The first kappa shape index (κ1) is 23.9. The molecule has 1 unspecified atom stereocenters. The monoisotopic (exact) mass is 417 g/mol. The first-order valence-electron chi connectivity index (χ1n) is 10.8. The maximum absolute atomic E-state index is 12.9. The smallest absolute Gasteiger partial charge is 0.246 e. The van der Waals surface area contributed by atoms with E-state index in [1.54, 1.807) is 26.2 Å². The second kappa shape index (κ2) is 12.3. The first-order valence-corrected chi connectivity index (χ1v) is 10.8. The number of ketones is 1. The number of likely N-dealkylation sites (tertiary alicyclic amines) is 1. The van der Waals surface area contributed by atoms with Crippen molar-refractivity contribution >= 4 is 23.3 Å². The van der Waals surface area contributed by atoms with Gasteiger partial charge in [0.2, 0.25) is 11.8 Å². The number of hydrogen-bond acceptors (Lipinski definition) is 5. The number of hydrogen-bond donors (Lipinski definition) is 2. The summed E-state index contributed by atoms with van der Waals surface area (Å²) in [6.45, 7) is 3.31. The summed E-state index contributed by atoms with van der Waals surface area (Å²) >= 11 is 0. The van der Waals surface area contributed by atoms with E-state index < -0.39 is 6.04 Å². The van der Waals surface area contributed by atoms with E-state index >= 15 is 0 Å². The number of carbonyl (C=O) groups is 3. The fourth-order valence-corrected chi connectivity index (χ4v) is 3.77. The van der Waals surface area contributed by atoms with E-state index in [9.17, 15) is 14.4 Å². The molecule has 2 atom stereocenters. The number of piperidine rings is 1. The SMILES string of the molecule is COc1cccc(NC(=O)[C@H](CCCCCC(C)=O)NC(=O)C2CCCN(C)C2)c1. The molecule has 0 aliphatic carbocycles. The Bertz CT molecular complexity index is 722. The quantitative estimate of drug-likeness (QED) is 0.541. The van der Waals surface area contributed by atoms with Crippen molar-refractivity contribution in [1.29, 1.82) is 0 Å². The molecule has 30 heavy (non-hydrogen) atoms. The molecule has 2 amide bonds. The lowest BCUT2D eigenvalue weighted by molar-refractivity contribution is -0.130. The highest BCUT2D eigenvalue weighted by Crippen LogP contribution is 2.19. The Balaban J connectivity index is 1.98. The Morgan fingerprint density at radius 2 is 2.03 bits per heavy atom. The van der Waals surface area contributed by atoms with E-state index in [1.807, 2.05) is 19.2 Å². The van der Waals surface area contributed by atoms with Gasteiger partial charge in [0, 0.05) is 24.7 Å². The molecular weight excluding hydrogens is 382 g/mol. The lowest BCUT2D eigenvalue weighted by Crippen LogP contribution is -2.49. The van der Waals surface area contributed by atoms with Crippen molar-refractivity contribution in [2.24, 2.45) is 5.92 Å². The van der Waals surface area contributed by atoms with E-state index in [1.165, 1.54) is 0 Å². The van der Waals surface area contributed by atoms with E-state index in [2.05, 4.69) is 15.5 Å². The van der Waals surface area contributed by atoms with Gasteiger partial charge >= 0.3 is 0 Å². The van der Waals surface area contributed by atoms with Crippen LogP contribution in [0.3, 0.4) is 0 Å². The summed E-state index contributed by atoms with van der Waals surface area (Å²) in [7, 11) is 3.59. The van der Waals surface area contributed by atoms with Gasteiger partial charge in [0.15, 0.2) is 0 Å². The van der Waals surface area contributed by atoms with Gasteiger partial charge in [0.25, 0.3) is 0 Å². The number of Topliss-reactive ketones (excluding diaryl/α,β-unsaturated/α-hetero) is 1. The average molecular weight is 418 g/mol. The van der Waals surface area contributed by atoms with E-state index in [0.29, 0.717) is 30.8 Å². The zero-order chi connectivity index (χ0) is 21.9. The Hall–Kier alpha value is -2.41. The molecule has 0 bridgehead atoms. The van der Waals surface area contributed by atoms with E-state index in [-0.39, 0.29) is 23.5 Å². The number of benzene rings is 1. The lowest BCUT2D eigenvalue weighted by atomic mass is 9.96. The number of nitrogens with one attached hydrogen (secondary N) is 2. The third-order valence-corrected chi connectivity index (χ3v) is 5.49. The molecule has 1 fully saturated rings. The number of ether oxygens (including phenoxy) is 1. The number of methoxy groups -OCH3 is 1. The minimum Gasteiger partial charge on any atom is -0.497 e. The van der Waals surface area contributed by atoms with Gasteiger partial charge in [0.05, 0.1) is 13.0 Å². The number of amides is 2. The molecule has 1 aliphatic heterocycles. The van der Waals surface area contributed by atoms with Gasteiger partial charge in [-0.1, -0.05) is 18.9 Å². The van der Waals surface area contributed by atoms with Crippen molar-refractivity contribution in [3.63, 3.8) is 0 Å². The van der Waals surface area contributed by atoms with Crippen LogP contribution < -0.4 is 15.4 Å². The van der Waals surface area contributed by atoms with E-state index in [0.717, 1.165) is 38.6 Å². The summed E-state index contributed by atoms with van der Waals surface area (Å²) in [5, 5.41) is 5.87. The van der Waals surface area contributed by atoms with Crippen molar-refractivity contribution in [3.05, 3.63) is 24.3 Å². The molecule has 0 spiro atoms. The molecular formula is C23H35N3O4. The van der Waals surface area contributed by atoms with Crippen LogP contribution in [0, 0.1) is 5.92 Å². The zero-order valence-corrected chi connectivity index (χ0v) is 18.4. The Kier molecular flexibility index (Phi) is 9.80. The fourth-order valence-electron chi connectivity index (χ4n) is 3.77. The zero-order valence-electron chi connectivity index (χ0n) is 18.4. The highest BCUT2D eigenvalue weighted by atomic mass is 16.5. The van der Waals surface area contributed by atoms with Crippen molar-refractivity contribution in [3.8, 4) is 5.75 Å². The fraction of sp³-hybridized carbons (Fsp3) is 0.609. The predicted octanol–water partition coefficient (Wildman–Crippen LogP) is 3.00. The molecule has 0 saturated carbocycles. The maximum Gasteiger partial charge on any atom is 0.246 e. The van der Waals surface area contributed by atoms with Crippen LogP contribution in [0.4, 0.5) is 5.69 Å². The Morgan fingerprint density at radius 1 is 1.23 bits per heavy atom. The van der Waals surface area contributed by atoms with Gasteiger partial charge in [0.1, 0.15) is 17.6 Å². The summed E-state index contributed by atoms with van der Waals surface area (Å²) in [6, 6.07) is 6.56. The van der Waals surface area contributed by atoms with Gasteiger partial charge in [-0.25, -0.2) is 0 Å². The molecule has 7 nitrogen and oxygen atoms in total. The number of unbranched alkanes of at least 4 members (excludes halogenated alkanes) is 2. The normalized spacial score (nSPS) is 17.8. The lowest BCUT2D eigenvalue weighted by Gasteiger charge is -2.30. The summed E-state index contributed by atoms with van der Waals surface area (Å²) < 4.78 is 5.21. The molecule has 1 aliphatic rings. The van der Waals surface area contributed by atoms with Crippen LogP contribution in [-0.4, -0.2) is 55.8 Å². The van der Waals surface area contributed by atoms with Crippen LogP contribution >= 0.6 is 0 Å². The highest BCUT2D eigenvalue weighted by molar-refractivity contribution is 5.97. The third-order valence-electron chi connectivity index (χ3n) is 5.49. The molecule has 1 aromatic rings. The van der Waals surface area contributed by atoms with Gasteiger partial charge in [-0.2, -0.15) is 0 Å². The van der Waals surface area contributed by atoms with Crippen LogP contribution in [0.25, 0.3) is 0 Å². The molecule has 0 aromatic heterocycles. The minimum atomic E-state index is -0.603. The molecule has 1 saturated heterocycles. The third kappa shape index (κ3) is 8.14. The number of anilines is 1. The second-order valence-corrected chi connectivity index (χ2v) is 8.19. The Morgan fingerprint density at radius 3 is 2.73 bits per heavy atom. The topological polar surface area (TPSA) is 87.7 Å². The molecule has 166 valence electrons. The van der Waals surface area contributed by atoms with Crippen LogP contribution in [0.5, 0.6) is 5.75 Å². The number of nitrogens with zero attached hydrogens (tertiary/aromatic N) is 1. The molecule has 0 radical (unpaired) electrons. The minimum absolute atomic E-state index is 0.0592. The molecule has 1 aromatic carbocycles. The van der Waals surface area contributed by atoms with Gasteiger partial charge in [-0.05, 0) is 58.3 Å². The number of rotatable bonds is 11. The van der Waals surface area contributed by atoms with Crippen LogP contribution in [-0.2, 0) is 14.4 Å². The maximum atomic E-state index is 12.9. The van der Waals surface area contributed by atoms with Gasteiger partial charge in [-0.15, -0.1) is 0 Å². The average Bonchev–Trinajstić information content (AvgIpc) is 2.72. The first-order chi connectivity index (χ1) is 14.4. The van der Waals surface area contributed by atoms with Crippen LogP contribution in [0.1, 0.15) is 51.9 Å². The van der Waals surface area contributed by atoms with Crippen LogP contribution in [0.2, 0.25) is 0 Å². The van der Waals surface area contributed by atoms with Crippen molar-refractivity contribution in [1.82, 2.24) is 10.2 Å². The summed E-state index contributed by atoms with van der Waals surface area (Å²) in [6.07, 6.45) is 5.36. The second-order valence-electron chi connectivity index (χ2n) is 8.19. The van der Waals surface area contributed by atoms with Crippen molar-refractivity contribution < 1.29 is 19.1 Å². The molecule has 2 N–H and O–H groups in total. The van der Waals surface area contributed by atoms with Crippen molar-refractivity contribution in [2.75, 3.05) is 32.6 Å². The largest absolute Gasteiger partial charge is 0.497 e. The summed E-state index contributed by atoms with van der Waals surface area (Å²) in [5.41, 5.74) is 0.632. The highest BCUT2D eigenvalue weighted by Gasteiger charge is 2.28. The summed E-state index contributed by atoms with van der Waals surface area (Å²) in [5.74, 6) is 0.455. The summed E-state index contributed by atoms with van der Waals surface area (Å²) in [4.78, 5) is 39.0. The van der Waals surface area contributed by atoms with Gasteiger partial charge < -0.3 is 25.1 Å². The molecule has 7 heteroatoms. The van der Waals surface area contributed by atoms with E-state index in [4.69, 9.17) is 4.74 Å². The van der Waals surface area contributed by atoms with Crippen molar-refractivity contribution in [2.45, 2.75) is 57.9 Å². The predicted molar refractivity (Wildman–Crippen MR) is 118 cm³/mol. The molecule has 2 rings (SSSR count). The Labute approximate surface area is 179 Å². The van der Waals surface area contributed by atoms with Gasteiger partial charge in [-0.3, -0.25) is 9.59 Å². The number of carbonyl (C=O) groups excluding carboxylic acids is 3. The standard InChI is InChI=1S/C23H35N3O4/c1-17(27)9-5-4-6-13-21(25-22(28)18-10-8-14-26(2)16-18)23(29)24-19-11-7-12-20(15-19)30-3/h7,11-12,15,18,21H,4-6,8-10,13-14,16H2,1-3H3,(H,24,29)(H,25,28)/t18?,21-/m0/s1.